The van der Waals surface area contributed by atoms with Crippen LogP contribution in [0.4, 0.5) is 5.69 Å². The Hall–Kier alpha value is -1.29. The molecule has 0 spiro atoms. The fourth-order valence-corrected chi connectivity index (χ4v) is 1.74. The van der Waals surface area contributed by atoms with Gasteiger partial charge in [0.1, 0.15) is 0 Å². The molecule has 0 fully saturated rings. The molecule has 1 N–H and O–H groups in total. The Morgan fingerprint density at radius 3 is 2.53 bits per heavy atom. The van der Waals surface area contributed by atoms with Crippen molar-refractivity contribution in [2.45, 2.75) is 12.2 Å². The molecule has 0 saturated carbocycles. The second-order valence-electron chi connectivity index (χ2n) is 3.31. The van der Waals surface area contributed by atoms with E-state index in [0.29, 0.717) is 6.54 Å². The lowest BCUT2D eigenvalue weighted by molar-refractivity contribution is 0.594. The van der Waals surface area contributed by atoms with Crippen LogP contribution in [0.25, 0.3) is 0 Å². The number of benzene rings is 1. The summed E-state index contributed by atoms with van der Waals surface area (Å²) in [4.78, 5) is 0. The normalized spacial score (nSPS) is 13.1. The molecule has 0 heterocycles. The van der Waals surface area contributed by atoms with Crippen LogP contribution >= 0.6 is 0 Å². The van der Waals surface area contributed by atoms with E-state index in [2.05, 4.69) is 11.9 Å². The average Bonchev–Trinajstić information content (AvgIpc) is 2.27. The van der Waals surface area contributed by atoms with Crippen molar-refractivity contribution in [2.75, 3.05) is 11.9 Å². The maximum atomic E-state index is 11.4. The quantitative estimate of drug-likeness (QED) is 0.834. The van der Waals surface area contributed by atoms with Crippen molar-refractivity contribution in [3.05, 3.63) is 42.3 Å². The molecule has 1 rings (SSSR count). The van der Waals surface area contributed by atoms with E-state index in [-0.39, 0.29) is 0 Å². The monoisotopic (exact) mass is 225 g/mol. The van der Waals surface area contributed by atoms with Crippen LogP contribution in [-0.2, 0) is 9.84 Å². The summed E-state index contributed by atoms with van der Waals surface area (Å²) >= 11 is 0. The van der Waals surface area contributed by atoms with Crippen LogP contribution in [0, 0.1) is 0 Å². The van der Waals surface area contributed by atoms with Crippen molar-refractivity contribution in [1.29, 1.82) is 0 Å². The van der Waals surface area contributed by atoms with Gasteiger partial charge in [0.25, 0.3) is 0 Å². The molecule has 15 heavy (non-hydrogen) atoms. The van der Waals surface area contributed by atoms with Crippen LogP contribution in [0.3, 0.4) is 0 Å². The number of rotatable bonds is 5. The van der Waals surface area contributed by atoms with E-state index in [0.717, 1.165) is 11.1 Å². The van der Waals surface area contributed by atoms with Gasteiger partial charge in [-0.05, 0) is 19.1 Å². The topological polar surface area (TPSA) is 46.2 Å². The van der Waals surface area contributed by atoms with Gasteiger partial charge in [0, 0.05) is 17.6 Å². The number of hydrogen-bond donors (Lipinski definition) is 1. The molecule has 1 aromatic carbocycles. The Morgan fingerprint density at radius 1 is 1.40 bits per heavy atom. The molecule has 0 aliphatic heterocycles. The molecule has 1 atom stereocenters. The molecule has 3 nitrogen and oxygen atoms in total. The zero-order valence-corrected chi connectivity index (χ0v) is 9.50. The van der Waals surface area contributed by atoms with E-state index in [1.807, 2.05) is 30.3 Å². The second-order valence-corrected chi connectivity index (χ2v) is 5.63. The van der Waals surface area contributed by atoms with Crippen molar-refractivity contribution in [2.24, 2.45) is 0 Å². The maximum Gasteiger partial charge on any atom is 0.175 e. The van der Waals surface area contributed by atoms with Crippen LogP contribution in [-0.4, -0.2) is 20.2 Å². The van der Waals surface area contributed by atoms with E-state index in [1.165, 1.54) is 0 Å². The highest BCUT2D eigenvalue weighted by atomic mass is 32.2. The molecule has 4 heteroatoms. The Labute approximate surface area is 90.7 Å². The summed E-state index contributed by atoms with van der Waals surface area (Å²) in [6.07, 6.45) is 0. The third kappa shape index (κ3) is 3.40. The minimum atomic E-state index is -3.17. The van der Waals surface area contributed by atoms with Gasteiger partial charge in [-0.2, -0.15) is 0 Å². The van der Waals surface area contributed by atoms with Gasteiger partial charge in [0.05, 0.1) is 5.25 Å². The Balaban J connectivity index is 2.55. The third-order valence-corrected chi connectivity index (χ3v) is 3.91. The van der Waals surface area contributed by atoms with Crippen molar-refractivity contribution in [1.82, 2.24) is 0 Å². The lowest BCUT2D eigenvalue weighted by Gasteiger charge is -2.11. The van der Waals surface area contributed by atoms with Gasteiger partial charge < -0.3 is 5.32 Å². The largest absolute Gasteiger partial charge is 0.384 e. The minimum absolute atomic E-state index is 0.387. The molecule has 82 valence electrons. The Bertz CT molecular complexity index is 411. The molecule has 0 aliphatic carbocycles. The van der Waals surface area contributed by atoms with Crippen molar-refractivity contribution < 1.29 is 8.42 Å². The summed E-state index contributed by atoms with van der Waals surface area (Å²) in [6, 6.07) is 9.50. The van der Waals surface area contributed by atoms with Gasteiger partial charge in [0.15, 0.2) is 9.84 Å². The summed E-state index contributed by atoms with van der Waals surface area (Å²) < 4.78 is 22.7. The molecule has 0 saturated heterocycles. The predicted molar refractivity (Wildman–Crippen MR) is 63.5 cm³/mol. The maximum absolute atomic E-state index is 11.4. The summed E-state index contributed by atoms with van der Waals surface area (Å²) in [5.74, 6) is 0. The van der Waals surface area contributed by atoms with Gasteiger partial charge in [-0.15, -0.1) is 0 Å². The zero-order valence-electron chi connectivity index (χ0n) is 8.68. The van der Waals surface area contributed by atoms with Crippen LogP contribution in [0.2, 0.25) is 0 Å². The highest BCUT2D eigenvalue weighted by molar-refractivity contribution is 7.94. The van der Waals surface area contributed by atoms with Crippen molar-refractivity contribution in [3.8, 4) is 0 Å². The smallest absolute Gasteiger partial charge is 0.175 e. The molecule has 1 aromatic rings. The van der Waals surface area contributed by atoms with Gasteiger partial charge in [-0.1, -0.05) is 24.8 Å². The first-order valence-electron chi connectivity index (χ1n) is 4.71. The number of hydrogen-bond acceptors (Lipinski definition) is 3. The summed E-state index contributed by atoms with van der Waals surface area (Å²) in [5.41, 5.74) is 0.920. The fraction of sp³-hybridized carbons (Fsp3) is 0.273. The Kier molecular flexibility index (Phi) is 3.91. The highest BCUT2D eigenvalue weighted by Gasteiger charge is 2.15. The number of anilines is 1. The lowest BCUT2D eigenvalue weighted by atomic mass is 10.3. The molecule has 0 aliphatic rings. The highest BCUT2D eigenvalue weighted by Crippen LogP contribution is 2.08. The number of nitrogens with one attached hydrogen (secondary N) is 1. The molecular formula is C11H15NO2S. The van der Waals surface area contributed by atoms with Gasteiger partial charge in [0.2, 0.25) is 0 Å². The number of sulfone groups is 1. The van der Waals surface area contributed by atoms with Gasteiger partial charge in [-0.25, -0.2) is 8.42 Å². The third-order valence-electron chi connectivity index (χ3n) is 2.16. The second kappa shape index (κ2) is 4.98. The SMILES string of the molecule is C=CS(=O)(=O)C(C)CNc1ccccc1. The van der Waals surface area contributed by atoms with Crippen LogP contribution < -0.4 is 5.32 Å². The fourth-order valence-electron chi connectivity index (χ4n) is 1.10. The molecule has 0 bridgehead atoms. The van der Waals surface area contributed by atoms with Crippen LogP contribution in [0.15, 0.2) is 42.3 Å². The van der Waals surface area contributed by atoms with E-state index in [9.17, 15) is 8.42 Å². The molecule has 0 aromatic heterocycles. The summed E-state index contributed by atoms with van der Waals surface area (Å²) in [6.45, 7) is 5.34. The van der Waals surface area contributed by atoms with Crippen molar-refractivity contribution in [3.63, 3.8) is 0 Å². The standard InChI is InChI=1S/C11H15NO2S/c1-3-15(13,14)10(2)9-12-11-7-5-4-6-8-11/h3-8,10,12H,1,9H2,2H3. The lowest BCUT2D eigenvalue weighted by Crippen LogP contribution is -2.24. The predicted octanol–water partition coefficient (Wildman–Crippen LogP) is 2.05. The van der Waals surface area contributed by atoms with E-state index in [4.69, 9.17) is 0 Å². The average molecular weight is 225 g/mol. The van der Waals surface area contributed by atoms with Crippen molar-refractivity contribution >= 4 is 15.5 Å². The first kappa shape index (κ1) is 11.8. The molecule has 1 unspecified atom stereocenters. The Morgan fingerprint density at radius 2 is 2.00 bits per heavy atom. The van der Waals surface area contributed by atoms with E-state index >= 15 is 0 Å². The van der Waals surface area contributed by atoms with Gasteiger partial charge in [-0.3, -0.25) is 0 Å². The van der Waals surface area contributed by atoms with Gasteiger partial charge >= 0.3 is 0 Å². The first-order valence-corrected chi connectivity index (χ1v) is 6.32. The zero-order chi connectivity index (χ0) is 11.3. The number of para-hydroxylation sites is 1. The van der Waals surface area contributed by atoms with E-state index < -0.39 is 15.1 Å². The first-order chi connectivity index (χ1) is 7.06. The summed E-state index contributed by atoms with van der Waals surface area (Å²) in [5, 5.41) is 3.60. The molecular weight excluding hydrogens is 210 g/mol. The van der Waals surface area contributed by atoms with E-state index in [1.54, 1.807) is 6.92 Å². The van der Waals surface area contributed by atoms with Crippen LogP contribution in [0.5, 0.6) is 0 Å². The van der Waals surface area contributed by atoms with Crippen LogP contribution in [0.1, 0.15) is 6.92 Å². The molecule has 0 amide bonds. The minimum Gasteiger partial charge on any atom is -0.384 e. The molecule has 0 radical (unpaired) electrons. The summed E-state index contributed by atoms with van der Waals surface area (Å²) in [7, 11) is -3.17.